The van der Waals surface area contributed by atoms with Crippen molar-refractivity contribution in [3.63, 3.8) is 0 Å². The van der Waals surface area contributed by atoms with E-state index in [1.165, 1.54) is 30.5 Å². The number of pyridine rings is 1. The molecule has 2 N–H and O–H groups in total. The molecule has 0 atom stereocenters. The Kier molecular flexibility index (Phi) is 6.49. The monoisotopic (exact) mass is 467 g/mol. The maximum Gasteiger partial charge on any atom is 0.419 e. The smallest absolute Gasteiger partial charge is 0.348 e. The van der Waals surface area contributed by atoms with Crippen LogP contribution in [0.1, 0.15) is 27.0 Å². The van der Waals surface area contributed by atoms with Crippen LogP contribution < -0.4 is 10.0 Å². The van der Waals surface area contributed by atoms with Gasteiger partial charge in [-0.2, -0.15) is 13.2 Å². The quantitative estimate of drug-likeness (QED) is 0.530. The van der Waals surface area contributed by atoms with Crippen LogP contribution in [-0.2, 0) is 22.7 Å². The van der Waals surface area contributed by atoms with Crippen molar-refractivity contribution in [2.24, 2.45) is 0 Å². The summed E-state index contributed by atoms with van der Waals surface area (Å²) in [6.07, 6.45) is -2.04. The molecule has 0 unspecified atom stereocenters. The van der Waals surface area contributed by atoms with Crippen LogP contribution in [0.15, 0.2) is 65.8 Å². The maximum atomic E-state index is 13.4. The number of nitrogens with zero attached hydrogens (tertiary/aromatic N) is 1. The Morgan fingerprint density at radius 2 is 1.78 bits per heavy atom. The number of carbonyl (C=O) groups excluding carboxylic acids is 1. The van der Waals surface area contributed by atoms with E-state index < -0.39 is 33.5 Å². The van der Waals surface area contributed by atoms with E-state index in [0.717, 1.165) is 6.07 Å². The number of hydrogen-bond donors (Lipinski definition) is 2. The van der Waals surface area contributed by atoms with Crippen molar-refractivity contribution in [3.8, 4) is 0 Å². The molecule has 0 saturated carbocycles. The zero-order valence-electron chi connectivity index (χ0n) is 16.6. The average Bonchev–Trinajstić information content (AvgIpc) is 2.72. The summed E-state index contributed by atoms with van der Waals surface area (Å²) in [6, 6.07) is 9.26. The van der Waals surface area contributed by atoms with Crippen LogP contribution in [0, 0.1) is 12.7 Å². The Morgan fingerprint density at radius 3 is 2.47 bits per heavy atom. The number of nitrogens with one attached hydrogen (secondary N) is 2. The van der Waals surface area contributed by atoms with Gasteiger partial charge in [0.05, 0.1) is 23.0 Å². The van der Waals surface area contributed by atoms with Gasteiger partial charge in [0.2, 0.25) is 0 Å². The molecule has 2 aromatic carbocycles. The molecule has 3 rings (SSSR count). The molecule has 0 aliphatic rings. The zero-order valence-corrected chi connectivity index (χ0v) is 17.4. The first-order chi connectivity index (χ1) is 15.0. The van der Waals surface area contributed by atoms with Crippen LogP contribution in [0.2, 0.25) is 0 Å². The second kappa shape index (κ2) is 8.95. The number of anilines is 1. The predicted molar refractivity (Wildman–Crippen MR) is 109 cm³/mol. The van der Waals surface area contributed by atoms with Crippen molar-refractivity contribution >= 4 is 21.6 Å². The van der Waals surface area contributed by atoms with Gasteiger partial charge in [0, 0.05) is 12.7 Å². The lowest BCUT2D eigenvalue weighted by Crippen LogP contribution is -2.26. The van der Waals surface area contributed by atoms with E-state index in [2.05, 4.69) is 15.0 Å². The third-order valence-corrected chi connectivity index (χ3v) is 5.78. The Balaban J connectivity index is 1.82. The van der Waals surface area contributed by atoms with E-state index in [1.54, 1.807) is 19.2 Å². The molecule has 0 bridgehead atoms. The number of sulfonamides is 1. The minimum Gasteiger partial charge on any atom is -0.348 e. The normalized spacial score (nSPS) is 11.8. The van der Waals surface area contributed by atoms with Crippen molar-refractivity contribution in [3.05, 3.63) is 89.0 Å². The highest BCUT2D eigenvalue weighted by molar-refractivity contribution is 7.92. The third-order valence-electron chi connectivity index (χ3n) is 4.34. The third kappa shape index (κ3) is 5.41. The molecule has 32 heavy (non-hydrogen) atoms. The fourth-order valence-corrected chi connectivity index (χ4v) is 4.13. The molecule has 0 aliphatic carbocycles. The van der Waals surface area contributed by atoms with Crippen molar-refractivity contribution < 1.29 is 30.8 Å². The van der Waals surface area contributed by atoms with E-state index in [4.69, 9.17) is 0 Å². The first-order valence-corrected chi connectivity index (χ1v) is 10.6. The predicted octanol–water partition coefficient (Wildman–Crippen LogP) is 4.28. The first-order valence-electron chi connectivity index (χ1n) is 9.15. The van der Waals surface area contributed by atoms with Gasteiger partial charge in [-0.25, -0.2) is 12.8 Å². The molecule has 11 heteroatoms. The summed E-state index contributed by atoms with van der Waals surface area (Å²) in [5, 5.41) is 2.37. The minimum absolute atomic E-state index is 0.00336. The lowest BCUT2D eigenvalue weighted by atomic mass is 10.1. The Morgan fingerprint density at radius 1 is 1.06 bits per heavy atom. The van der Waals surface area contributed by atoms with Gasteiger partial charge in [-0.05, 0) is 48.4 Å². The van der Waals surface area contributed by atoms with Gasteiger partial charge in [0.15, 0.2) is 0 Å². The molecule has 1 amide bonds. The molecule has 1 aromatic heterocycles. The second-order valence-corrected chi connectivity index (χ2v) is 8.50. The molecule has 0 spiro atoms. The van der Waals surface area contributed by atoms with Gasteiger partial charge in [-0.1, -0.05) is 18.2 Å². The lowest BCUT2D eigenvalue weighted by molar-refractivity contribution is -0.140. The van der Waals surface area contributed by atoms with Crippen LogP contribution in [0.4, 0.5) is 23.2 Å². The molecule has 6 nitrogen and oxygen atoms in total. The number of rotatable bonds is 6. The van der Waals surface area contributed by atoms with Gasteiger partial charge in [-0.3, -0.25) is 14.5 Å². The number of halogens is 4. The van der Waals surface area contributed by atoms with Crippen LogP contribution in [0.3, 0.4) is 0 Å². The van der Waals surface area contributed by atoms with E-state index in [0.29, 0.717) is 17.7 Å². The Hall–Kier alpha value is -3.47. The number of benzene rings is 2. The van der Waals surface area contributed by atoms with E-state index in [-0.39, 0.29) is 28.3 Å². The maximum absolute atomic E-state index is 13.4. The number of hydrogen-bond acceptors (Lipinski definition) is 4. The molecule has 0 saturated heterocycles. The van der Waals surface area contributed by atoms with Gasteiger partial charge < -0.3 is 5.32 Å². The van der Waals surface area contributed by atoms with Crippen molar-refractivity contribution in [2.45, 2.75) is 24.5 Å². The lowest BCUT2D eigenvalue weighted by Gasteiger charge is -2.13. The number of aryl methyl sites for hydroxylation is 1. The number of alkyl halides is 3. The van der Waals surface area contributed by atoms with E-state index in [1.807, 2.05) is 0 Å². The SMILES string of the molecule is Cc1cncc(NS(=O)(=O)c2ccccc2C(=O)NCc2ccc(F)c(C(F)(F)F)c2)c1. The second-order valence-electron chi connectivity index (χ2n) is 6.85. The summed E-state index contributed by atoms with van der Waals surface area (Å²) in [4.78, 5) is 16.2. The number of amides is 1. The summed E-state index contributed by atoms with van der Waals surface area (Å²) in [7, 11) is -4.17. The highest BCUT2D eigenvalue weighted by atomic mass is 32.2. The van der Waals surface area contributed by atoms with Crippen molar-refractivity contribution in [1.29, 1.82) is 0 Å². The molecule has 0 aliphatic heterocycles. The van der Waals surface area contributed by atoms with Crippen LogP contribution in [0.25, 0.3) is 0 Å². The largest absolute Gasteiger partial charge is 0.419 e. The van der Waals surface area contributed by atoms with Gasteiger partial charge >= 0.3 is 6.18 Å². The number of aromatic nitrogens is 1. The van der Waals surface area contributed by atoms with Crippen LogP contribution in [0.5, 0.6) is 0 Å². The van der Waals surface area contributed by atoms with Crippen molar-refractivity contribution in [2.75, 3.05) is 4.72 Å². The van der Waals surface area contributed by atoms with E-state index >= 15 is 0 Å². The minimum atomic E-state index is -4.89. The summed E-state index contributed by atoms with van der Waals surface area (Å²) in [5.74, 6) is -2.26. The van der Waals surface area contributed by atoms with E-state index in [9.17, 15) is 30.8 Å². The van der Waals surface area contributed by atoms with Gasteiger partial charge in [-0.15, -0.1) is 0 Å². The molecular formula is C21H17F4N3O3S. The molecule has 3 aromatic rings. The molecule has 0 fully saturated rings. The van der Waals surface area contributed by atoms with Crippen LogP contribution >= 0.6 is 0 Å². The average molecular weight is 467 g/mol. The Bertz CT molecular complexity index is 1260. The zero-order chi connectivity index (χ0) is 23.5. The first kappa shape index (κ1) is 23.2. The van der Waals surface area contributed by atoms with Crippen molar-refractivity contribution in [1.82, 2.24) is 10.3 Å². The highest BCUT2D eigenvalue weighted by Crippen LogP contribution is 2.32. The fraction of sp³-hybridized carbons (Fsp3) is 0.143. The highest BCUT2D eigenvalue weighted by Gasteiger charge is 2.34. The van der Waals surface area contributed by atoms with Gasteiger partial charge in [0.25, 0.3) is 15.9 Å². The topological polar surface area (TPSA) is 88.2 Å². The van der Waals surface area contributed by atoms with Crippen LogP contribution in [-0.4, -0.2) is 19.3 Å². The Labute approximate surface area is 181 Å². The summed E-state index contributed by atoms with van der Waals surface area (Å²) in [6.45, 7) is 1.36. The summed E-state index contributed by atoms with van der Waals surface area (Å²) < 4.78 is 80.0. The summed E-state index contributed by atoms with van der Waals surface area (Å²) in [5.41, 5.74) is -0.752. The number of carbonyl (C=O) groups is 1. The standard InChI is InChI=1S/C21H17F4N3O3S/c1-13-8-15(12-26-10-13)28-32(30,31)19-5-3-2-4-16(19)20(29)27-11-14-6-7-18(22)17(9-14)21(23,24)25/h2-10,12,28H,11H2,1H3,(H,27,29). The molecule has 168 valence electrons. The van der Waals surface area contributed by atoms with Gasteiger partial charge in [0.1, 0.15) is 10.7 Å². The molecule has 0 radical (unpaired) electrons. The fourth-order valence-electron chi connectivity index (χ4n) is 2.89. The molecular weight excluding hydrogens is 450 g/mol. The molecule has 1 heterocycles. The summed E-state index contributed by atoms with van der Waals surface area (Å²) >= 11 is 0.